The summed E-state index contributed by atoms with van der Waals surface area (Å²) in [5, 5.41) is 3.95. The van der Waals surface area contributed by atoms with E-state index in [-0.39, 0.29) is 5.91 Å². The Morgan fingerprint density at radius 2 is 1.92 bits per heavy atom. The Kier molecular flexibility index (Phi) is 5.11. The highest BCUT2D eigenvalue weighted by molar-refractivity contribution is 5.97. The van der Waals surface area contributed by atoms with E-state index in [2.05, 4.69) is 19.0 Å². The summed E-state index contributed by atoms with van der Waals surface area (Å²) in [6.07, 6.45) is 1.17. The van der Waals surface area contributed by atoms with Crippen LogP contribution >= 0.6 is 0 Å². The van der Waals surface area contributed by atoms with Crippen LogP contribution in [0.2, 0.25) is 0 Å². The topological polar surface area (TPSA) is 55.6 Å². The lowest BCUT2D eigenvalue weighted by molar-refractivity contribution is 0.0618. The second-order valence-electron chi connectivity index (χ2n) is 7.24. The van der Waals surface area contributed by atoms with Gasteiger partial charge in [-0.05, 0) is 44.2 Å². The number of hydrogen-bond donors (Lipinski definition) is 0. The molecule has 1 aliphatic rings. The van der Waals surface area contributed by atoms with Gasteiger partial charge in [-0.1, -0.05) is 31.1 Å². The molecule has 1 fully saturated rings. The molecule has 0 saturated carbocycles. The van der Waals surface area contributed by atoms with Gasteiger partial charge in [0.1, 0.15) is 18.1 Å². The number of carbonyl (C=O) groups excluding carboxylic acids is 1. The molecule has 1 amide bonds. The van der Waals surface area contributed by atoms with Crippen molar-refractivity contribution in [2.45, 2.75) is 40.7 Å². The van der Waals surface area contributed by atoms with Gasteiger partial charge < -0.3 is 14.2 Å². The average molecular weight is 342 g/mol. The normalized spacial score (nSPS) is 20.6. The Labute approximate surface area is 148 Å². The molecule has 0 aliphatic carbocycles. The maximum absolute atomic E-state index is 13.0. The van der Waals surface area contributed by atoms with E-state index in [0.29, 0.717) is 29.8 Å². The first-order valence-corrected chi connectivity index (χ1v) is 8.88. The summed E-state index contributed by atoms with van der Waals surface area (Å²) in [5.74, 6) is 2.47. The maximum atomic E-state index is 13.0. The molecule has 134 valence electrons. The average Bonchev–Trinajstić information content (AvgIpc) is 2.90. The molecule has 0 bridgehead atoms. The van der Waals surface area contributed by atoms with Gasteiger partial charge in [-0.15, -0.1) is 0 Å². The van der Waals surface area contributed by atoms with Gasteiger partial charge in [0.2, 0.25) is 0 Å². The zero-order valence-electron chi connectivity index (χ0n) is 15.4. The van der Waals surface area contributed by atoms with Crippen molar-refractivity contribution >= 4 is 5.91 Å². The molecule has 2 atom stereocenters. The van der Waals surface area contributed by atoms with Gasteiger partial charge in [-0.2, -0.15) is 0 Å². The van der Waals surface area contributed by atoms with E-state index in [1.807, 2.05) is 43.0 Å². The van der Waals surface area contributed by atoms with Gasteiger partial charge in [-0.25, -0.2) is 0 Å². The van der Waals surface area contributed by atoms with Crippen molar-refractivity contribution in [2.75, 3.05) is 13.1 Å². The standard InChI is InChI=1S/C20H26N2O3/c1-13-9-14(2)11-22(10-13)20(23)17-7-5-6-8-19(17)24-12-18-15(3)21-25-16(18)4/h5-8,13-14H,9-12H2,1-4H3/t13-,14-/m1/s1. The van der Waals surface area contributed by atoms with Gasteiger partial charge in [0.15, 0.2) is 0 Å². The minimum atomic E-state index is 0.0489. The number of ether oxygens (including phenoxy) is 1. The van der Waals surface area contributed by atoms with Crippen LogP contribution in [0.15, 0.2) is 28.8 Å². The molecule has 1 aromatic heterocycles. The summed E-state index contributed by atoms with van der Waals surface area (Å²) in [5.41, 5.74) is 2.37. The number of para-hydroxylation sites is 1. The van der Waals surface area contributed by atoms with Gasteiger partial charge in [0.05, 0.1) is 16.8 Å². The molecule has 2 heterocycles. The van der Waals surface area contributed by atoms with Crippen LogP contribution in [0.4, 0.5) is 0 Å². The van der Waals surface area contributed by atoms with E-state index >= 15 is 0 Å². The molecule has 0 radical (unpaired) electrons. The monoisotopic (exact) mass is 342 g/mol. The molecule has 0 unspecified atom stereocenters. The predicted molar refractivity (Wildman–Crippen MR) is 95.6 cm³/mol. The van der Waals surface area contributed by atoms with Crippen LogP contribution in [-0.2, 0) is 6.61 Å². The number of rotatable bonds is 4. The first kappa shape index (κ1) is 17.5. The van der Waals surface area contributed by atoms with Crippen molar-refractivity contribution in [3.8, 4) is 5.75 Å². The summed E-state index contributed by atoms with van der Waals surface area (Å²) < 4.78 is 11.1. The second-order valence-corrected chi connectivity index (χ2v) is 7.24. The van der Waals surface area contributed by atoms with E-state index in [1.54, 1.807) is 0 Å². The smallest absolute Gasteiger partial charge is 0.257 e. The van der Waals surface area contributed by atoms with Crippen LogP contribution in [0, 0.1) is 25.7 Å². The largest absolute Gasteiger partial charge is 0.488 e. The Morgan fingerprint density at radius 1 is 1.24 bits per heavy atom. The Morgan fingerprint density at radius 3 is 2.56 bits per heavy atom. The van der Waals surface area contributed by atoms with Crippen LogP contribution in [0.25, 0.3) is 0 Å². The quantitative estimate of drug-likeness (QED) is 0.843. The van der Waals surface area contributed by atoms with Crippen molar-refractivity contribution in [3.63, 3.8) is 0 Å². The van der Waals surface area contributed by atoms with Crippen LogP contribution < -0.4 is 4.74 Å². The third-order valence-electron chi connectivity index (χ3n) is 4.83. The number of aryl methyl sites for hydroxylation is 2. The highest BCUT2D eigenvalue weighted by Crippen LogP contribution is 2.27. The van der Waals surface area contributed by atoms with E-state index in [9.17, 15) is 4.79 Å². The van der Waals surface area contributed by atoms with Crippen LogP contribution in [0.5, 0.6) is 5.75 Å². The molecule has 0 spiro atoms. The lowest BCUT2D eigenvalue weighted by Gasteiger charge is -2.35. The maximum Gasteiger partial charge on any atom is 0.257 e. The van der Waals surface area contributed by atoms with Crippen molar-refractivity contribution in [1.29, 1.82) is 0 Å². The fraction of sp³-hybridized carbons (Fsp3) is 0.500. The molecule has 5 nitrogen and oxygen atoms in total. The molecule has 25 heavy (non-hydrogen) atoms. The number of likely N-dealkylation sites (tertiary alicyclic amines) is 1. The third kappa shape index (κ3) is 3.86. The second kappa shape index (κ2) is 7.30. The first-order valence-electron chi connectivity index (χ1n) is 8.88. The predicted octanol–water partition coefficient (Wildman–Crippen LogP) is 3.99. The third-order valence-corrected chi connectivity index (χ3v) is 4.83. The van der Waals surface area contributed by atoms with E-state index in [4.69, 9.17) is 9.26 Å². The fourth-order valence-electron chi connectivity index (χ4n) is 3.63. The lowest BCUT2D eigenvalue weighted by atomic mass is 9.91. The Balaban J connectivity index is 1.77. The van der Waals surface area contributed by atoms with Crippen molar-refractivity contribution in [1.82, 2.24) is 10.1 Å². The Hall–Kier alpha value is -2.30. The molecule has 2 aromatic rings. The minimum Gasteiger partial charge on any atom is -0.488 e. The lowest BCUT2D eigenvalue weighted by Crippen LogP contribution is -2.42. The van der Waals surface area contributed by atoms with E-state index in [0.717, 1.165) is 30.1 Å². The molecule has 0 N–H and O–H groups in total. The highest BCUT2D eigenvalue weighted by atomic mass is 16.5. The molecule has 1 aromatic carbocycles. The molecular formula is C20H26N2O3. The molecule has 1 aliphatic heterocycles. The molecule has 1 saturated heterocycles. The van der Waals surface area contributed by atoms with Crippen molar-refractivity contribution in [3.05, 3.63) is 46.8 Å². The Bertz CT molecular complexity index is 724. The van der Waals surface area contributed by atoms with Crippen LogP contribution in [0.3, 0.4) is 0 Å². The molecule has 3 rings (SSSR count). The molecule has 5 heteroatoms. The summed E-state index contributed by atoms with van der Waals surface area (Å²) in [7, 11) is 0. The van der Waals surface area contributed by atoms with E-state index in [1.165, 1.54) is 6.42 Å². The number of piperidine rings is 1. The van der Waals surface area contributed by atoms with Crippen LogP contribution in [0.1, 0.15) is 47.6 Å². The highest BCUT2D eigenvalue weighted by Gasteiger charge is 2.27. The number of nitrogens with zero attached hydrogens (tertiary/aromatic N) is 2. The fourth-order valence-corrected chi connectivity index (χ4v) is 3.63. The first-order chi connectivity index (χ1) is 12.0. The van der Waals surface area contributed by atoms with Gasteiger partial charge in [0, 0.05) is 13.1 Å². The van der Waals surface area contributed by atoms with Crippen LogP contribution in [-0.4, -0.2) is 29.1 Å². The minimum absolute atomic E-state index is 0.0489. The SMILES string of the molecule is Cc1noc(C)c1COc1ccccc1C(=O)N1C[C@H](C)C[C@@H](C)C1. The summed E-state index contributed by atoms with van der Waals surface area (Å²) >= 11 is 0. The number of hydrogen-bond acceptors (Lipinski definition) is 4. The van der Waals surface area contributed by atoms with Crippen molar-refractivity contribution in [2.24, 2.45) is 11.8 Å². The number of aromatic nitrogens is 1. The number of benzene rings is 1. The van der Waals surface area contributed by atoms with Gasteiger partial charge in [-0.3, -0.25) is 4.79 Å². The van der Waals surface area contributed by atoms with Gasteiger partial charge >= 0.3 is 0 Å². The number of carbonyl (C=O) groups is 1. The zero-order valence-corrected chi connectivity index (χ0v) is 15.4. The summed E-state index contributed by atoms with van der Waals surface area (Å²) in [6.45, 7) is 10.1. The van der Waals surface area contributed by atoms with Gasteiger partial charge in [0.25, 0.3) is 5.91 Å². The van der Waals surface area contributed by atoms with Crippen molar-refractivity contribution < 1.29 is 14.1 Å². The summed E-state index contributed by atoms with van der Waals surface area (Å²) in [6, 6.07) is 7.46. The zero-order chi connectivity index (χ0) is 18.0. The summed E-state index contributed by atoms with van der Waals surface area (Å²) in [4.78, 5) is 15.0. The number of amides is 1. The van der Waals surface area contributed by atoms with E-state index < -0.39 is 0 Å². The molecular weight excluding hydrogens is 316 g/mol.